The molecule has 1 aromatic carbocycles. The number of fused-ring (bicyclic) bond motifs is 1. The molecular formula is C17H21N3O5. The van der Waals surface area contributed by atoms with Crippen molar-refractivity contribution in [2.75, 3.05) is 32.8 Å². The van der Waals surface area contributed by atoms with Crippen molar-refractivity contribution in [2.45, 2.75) is 19.9 Å². The van der Waals surface area contributed by atoms with Gasteiger partial charge in [0.2, 0.25) is 5.91 Å². The number of amides is 2. The molecule has 1 atom stereocenters. The van der Waals surface area contributed by atoms with E-state index in [2.05, 4.69) is 0 Å². The van der Waals surface area contributed by atoms with E-state index in [0.717, 1.165) is 0 Å². The molecule has 3 rings (SSSR count). The van der Waals surface area contributed by atoms with Crippen LogP contribution in [-0.4, -0.2) is 59.2 Å². The second-order valence-electron chi connectivity index (χ2n) is 5.89. The summed E-state index contributed by atoms with van der Waals surface area (Å²) >= 11 is 0. The van der Waals surface area contributed by atoms with Crippen molar-refractivity contribution in [2.24, 2.45) is 0 Å². The lowest BCUT2D eigenvalue weighted by Crippen LogP contribution is -2.52. The van der Waals surface area contributed by atoms with Gasteiger partial charge in [0.15, 0.2) is 5.58 Å². The zero-order chi connectivity index (χ0) is 18.0. The highest BCUT2D eigenvalue weighted by Gasteiger charge is 2.29. The summed E-state index contributed by atoms with van der Waals surface area (Å²) < 4.78 is 11.5. The monoisotopic (exact) mass is 347 g/mol. The third-order valence-electron chi connectivity index (χ3n) is 4.38. The Balaban J connectivity index is 1.72. The summed E-state index contributed by atoms with van der Waals surface area (Å²) in [4.78, 5) is 39.9. The number of para-hydroxylation sites is 2. The predicted octanol–water partition coefficient (Wildman–Crippen LogP) is 1.46. The number of hydrogen-bond donors (Lipinski definition) is 0. The molecule has 1 fully saturated rings. The summed E-state index contributed by atoms with van der Waals surface area (Å²) in [5.74, 6) is -0.718. The Morgan fingerprint density at radius 2 is 1.80 bits per heavy atom. The third kappa shape index (κ3) is 3.24. The van der Waals surface area contributed by atoms with Crippen LogP contribution < -0.4 is 5.76 Å². The molecule has 0 spiro atoms. The van der Waals surface area contributed by atoms with Gasteiger partial charge in [0.1, 0.15) is 6.04 Å². The molecule has 1 aliphatic heterocycles. The van der Waals surface area contributed by atoms with Gasteiger partial charge in [-0.25, -0.2) is 9.59 Å². The SMILES string of the molecule is CCOC(=O)N1CCN(C(=O)[C@H](C)n2c(=O)oc3ccccc32)CC1. The molecule has 134 valence electrons. The Kier molecular flexibility index (Phi) is 4.78. The average molecular weight is 347 g/mol. The molecule has 0 saturated carbocycles. The van der Waals surface area contributed by atoms with Crippen LogP contribution in [0, 0.1) is 0 Å². The Hall–Kier alpha value is -2.77. The molecule has 0 aliphatic carbocycles. The minimum absolute atomic E-state index is 0.169. The van der Waals surface area contributed by atoms with Gasteiger partial charge in [-0.3, -0.25) is 9.36 Å². The normalized spacial score (nSPS) is 16.1. The average Bonchev–Trinajstić information content (AvgIpc) is 2.96. The van der Waals surface area contributed by atoms with Crippen molar-refractivity contribution in [1.82, 2.24) is 14.4 Å². The number of carbonyl (C=O) groups is 2. The van der Waals surface area contributed by atoms with Gasteiger partial charge in [-0.2, -0.15) is 0 Å². The lowest BCUT2D eigenvalue weighted by Gasteiger charge is -2.35. The highest BCUT2D eigenvalue weighted by molar-refractivity contribution is 5.83. The first-order valence-electron chi connectivity index (χ1n) is 8.33. The van der Waals surface area contributed by atoms with Crippen molar-refractivity contribution in [1.29, 1.82) is 0 Å². The van der Waals surface area contributed by atoms with E-state index in [0.29, 0.717) is 43.9 Å². The van der Waals surface area contributed by atoms with Crippen LogP contribution in [0.1, 0.15) is 19.9 Å². The molecule has 0 bridgehead atoms. The molecule has 1 saturated heterocycles. The highest BCUT2D eigenvalue weighted by Crippen LogP contribution is 2.19. The minimum Gasteiger partial charge on any atom is -0.450 e. The molecule has 1 aromatic heterocycles. The van der Waals surface area contributed by atoms with Crippen LogP contribution in [0.2, 0.25) is 0 Å². The molecule has 2 heterocycles. The summed E-state index contributed by atoms with van der Waals surface area (Å²) in [5, 5.41) is 0. The van der Waals surface area contributed by atoms with Crippen LogP contribution in [0.5, 0.6) is 0 Å². The van der Waals surface area contributed by atoms with Crippen molar-refractivity contribution in [3.63, 3.8) is 0 Å². The number of piperazine rings is 1. The molecule has 1 aliphatic rings. The number of hydrogen-bond acceptors (Lipinski definition) is 5. The zero-order valence-electron chi connectivity index (χ0n) is 14.3. The van der Waals surface area contributed by atoms with Crippen molar-refractivity contribution in [3.8, 4) is 0 Å². The van der Waals surface area contributed by atoms with E-state index in [1.807, 2.05) is 0 Å². The number of carbonyl (C=O) groups excluding carboxylic acids is 2. The smallest absolute Gasteiger partial charge is 0.420 e. The van der Waals surface area contributed by atoms with Gasteiger partial charge in [0.25, 0.3) is 0 Å². The second-order valence-corrected chi connectivity index (χ2v) is 5.89. The number of nitrogens with zero attached hydrogens (tertiary/aromatic N) is 3. The largest absolute Gasteiger partial charge is 0.450 e. The van der Waals surface area contributed by atoms with Gasteiger partial charge in [-0.1, -0.05) is 12.1 Å². The molecule has 0 unspecified atom stereocenters. The van der Waals surface area contributed by atoms with E-state index >= 15 is 0 Å². The lowest BCUT2D eigenvalue weighted by atomic mass is 10.2. The number of benzene rings is 1. The fraction of sp³-hybridized carbons (Fsp3) is 0.471. The Morgan fingerprint density at radius 3 is 2.48 bits per heavy atom. The van der Waals surface area contributed by atoms with E-state index in [1.165, 1.54) is 4.57 Å². The quantitative estimate of drug-likeness (QED) is 0.839. The minimum atomic E-state index is -0.676. The Bertz CT molecular complexity index is 832. The second kappa shape index (κ2) is 7.00. The maximum absolute atomic E-state index is 12.8. The van der Waals surface area contributed by atoms with Crippen LogP contribution >= 0.6 is 0 Å². The fourth-order valence-electron chi connectivity index (χ4n) is 3.05. The molecule has 8 nitrogen and oxygen atoms in total. The summed E-state index contributed by atoms with van der Waals surface area (Å²) in [6.45, 7) is 5.41. The van der Waals surface area contributed by atoms with Gasteiger partial charge in [0.05, 0.1) is 12.1 Å². The van der Waals surface area contributed by atoms with Crippen molar-refractivity contribution in [3.05, 3.63) is 34.8 Å². The van der Waals surface area contributed by atoms with E-state index < -0.39 is 11.8 Å². The predicted molar refractivity (Wildman–Crippen MR) is 90.4 cm³/mol. The Morgan fingerprint density at radius 1 is 1.16 bits per heavy atom. The van der Waals surface area contributed by atoms with Crippen LogP contribution in [-0.2, 0) is 9.53 Å². The van der Waals surface area contributed by atoms with Crippen LogP contribution in [0.25, 0.3) is 11.1 Å². The highest BCUT2D eigenvalue weighted by atomic mass is 16.6. The van der Waals surface area contributed by atoms with E-state index in [1.54, 1.807) is 47.9 Å². The lowest BCUT2D eigenvalue weighted by molar-refractivity contribution is -0.135. The summed E-state index contributed by atoms with van der Waals surface area (Å²) in [7, 11) is 0. The molecule has 2 aromatic rings. The first-order valence-corrected chi connectivity index (χ1v) is 8.33. The third-order valence-corrected chi connectivity index (χ3v) is 4.38. The fourth-order valence-corrected chi connectivity index (χ4v) is 3.05. The maximum atomic E-state index is 12.8. The van der Waals surface area contributed by atoms with Gasteiger partial charge < -0.3 is 19.0 Å². The number of rotatable bonds is 3. The van der Waals surface area contributed by atoms with Crippen LogP contribution in [0.3, 0.4) is 0 Å². The zero-order valence-corrected chi connectivity index (χ0v) is 14.3. The van der Waals surface area contributed by atoms with E-state index in [-0.39, 0.29) is 12.0 Å². The van der Waals surface area contributed by atoms with Crippen LogP contribution in [0.15, 0.2) is 33.5 Å². The summed E-state index contributed by atoms with van der Waals surface area (Å²) in [6.07, 6.45) is -0.361. The van der Waals surface area contributed by atoms with E-state index in [4.69, 9.17) is 9.15 Å². The summed E-state index contributed by atoms with van der Waals surface area (Å²) in [6, 6.07) is 6.34. The topological polar surface area (TPSA) is 85.0 Å². The standard InChI is InChI=1S/C17H21N3O5/c1-3-24-16(22)19-10-8-18(9-11-19)15(21)12(2)20-13-6-4-5-7-14(13)25-17(20)23/h4-7,12H,3,8-11H2,1-2H3/t12-/m0/s1. The van der Waals surface area contributed by atoms with Gasteiger partial charge in [-0.05, 0) is 26.0 Å². The van der Waals surface area contributed by atoms with Crippen molar-refractivity contribution >= 4 is 23.1 Å². The molecule has 2 amide bonds. The maximum Gasteiger partial charge on any atom is 0.420 e. The van der Waals surface area contributed by atoms with Crippen LogP contribution in [0.4, 0.5) is 4.79 Å². The van der Waals surface area contributed by atoms with Gasteiger partial charge >= 0.3 is 11.8 Å². The first-order chi connectivity index (χ1) is 12.0. The molecular weight excluding hydrogens is 326 g/mol. The van der Waals surface area contributed by atoms with E-state index in [9.17, 15) is 14.4 Å². The van der Waals surface area contributed by atoms with Gasteiger partial charge in [-0.15, -0.1) is 0 Å². The number of aromatic nitrogens is 1. The summed E-state index contributed by atoms with van der Waals surface area (Å²) in [5.41, 5.74) is 1.05. The molecule has 0 N–H and O–H groups in total. The molecule has 25 heavy (non-hydrogen) atoms. The van der Waals surface area contributed by atoms with Crippen molar-refractivity contribution < 1.29 is 18.7 Å². The first kappa shape index (κ1) is 17.1. The molecule has 8 heteroatoms. The Labute approximate surface area is 144 Å². The number of oxazole rings is 1. The van der Waals surface area contributed by atoms with Gasteiger partial charge in [0, 0.05) is 26.2 Å². The molecule has 0 radical (unpaired) electrons. The number of ether oxygens (including phenoxy) is 1.